The molecular weight excluding hydrogens is 333 g/mol. The van der Waals surface area contributed by atoms with E-state index in [1.165, 1.54) is 37.4 Å². The summed E-state index contributed by atoms with van der Waals surface area (Å²) in [4.78, 5) is 10.2. The van der Waals surface area contributed by atoms with E-state index in [4.69, 9.17) is 9.47 Å². The van der Waals surface area contributed by atoms with Gasteiger partial charge in [-0.3, -0.25) is 10.1 Å². The largest absolute Gasteiger partial charge is 0.490 e. The SMILES string of the molecule is COc1cc(Oc2cc(Br)ccc2F)ccc1[N+](=O)[O-]. The van der Waals surface area contributed by atoms with Crippen molar-refractivity contribution in [1.82, 2.24) is 0 Å². The zero-order valence-electron chi connectivity index (χ0n) is 10.3. The second-order valence-electron chi connectivity index (χ2n) is 3.77. The van der Waals surface area contributed by atoms with Gasteiger partial charge in [-0.05, 0) is 24.3 Å². The van der Waals surface area contributed by atoms with Crippen LogP contribution in [0.25, 0.3) is 0 Å². The molecule has 0 saturated carbocycles. The van der Waals surface area contributed by atoms with Gasteiger partial charge in [0, 0.05) is 16.6 Å². The lowest BCUT2D eigenvalue weighted by Gasteiger charge is -2.08. The van der Waals surface area contributed by atoms with E-state index in [-0.39, 0.29) is 22.9 Å². The third-order valence-electron chi connectivity index (χ3n) is 2.47. The van der Waals surface area contributed by atoms with E-state index < -0.39 is 10.7 Å². The van der Waals surface area contributed by atoms with Gasteiger partial charge in [-0.1, -0.05) is 15.9 Å². The maximum absolute atomic E-state index is 13.6. The van der Waals surface area contributed by atoms with E-state index in [1.54, 1.807) is 6.07 Å². The molecule has 0 aliphatic carbocycles. The molecule has 2 aromatic carbocycles. The highest BCUT2D eigenvalue weighted by Gasteiger charge is 2.16. The molecule has 0 N–H and O–H groups in total. The number of halogens is 2. The van der Waals surface area contributed by atoms with Crippen molar-refractivity contribution in [3.8, 4) is 17.2 Å². The van der Waals surface area contributed by atoms with E-state index in [1.807, 2.05) is 0 Å². The molecule has 0 aliphatic rings. The zero-order valence-corrected chi connectivity index (χ0v) is 11.9. The number of ether oxygens (including phenoxy) is 2. The Hall–Kier alpha value is -2.15. The summed E-state index contributed by atoms with van der Waals surface area (Å²) in [6, 6.07) is 8.20. The second-order valence-corrected chi connectivity index (χ2v) is 4.68. The summed E-state index contributed by atoms with van der Waals surface area (Å²) < 4.78 is 24.5. The third kappa shape index (κ3) is 3.05. The van der Waals surface area contributed by atoms with Crippen LogP contribution in [-0.4, -0.2) is 12.0 Å². The highest BCUT2D eigenvalue weighted by atomic mass is 79.9. The quantitative estimate of drug-likeness (QED) is 0.614. The summed E-state index contributed by atoms with van der Waals surface area (Å²) in [6.45, 7) is 0. The lowest BCUT2D eigenvalue weighted by atomic mass is 10.2. The molecule has 0 atom stereocenters. The first-order chi connectivity index (χ1) is 9.51. The van der Waals surface area contributed by atoms with Crippen molar-refractivity contribution in [2.45, 2.75) is 0 Å². The lowest BCUT2D eigenvalue weighted by molar-refractivity contribution is -0.385. The Morgan fingerprint density at radius 2 is 1.95 bits per heavy atom. The monoisotopic (exact) mass is 341 g/mol. The Balaban J connectivity index is 2.34. The molecule has 7 heteroatoms. The molecule has 104 valence electrons. The Morgan fingerprint density at radius 1 is 1.20 bits per heavy atom. The molecule has 0 radical (unpaired) electrons. The Bertz CT molecular complexity index is 663. The highest BCUT2D eigenvalue weighted by Crippen LogP contribution is 2.34. The molecular formula is C13H9BrFNO4. The number of benzene rings is 2. The summed E-state index contributed by atoms with van der Waals surface area (Å²) >= 11 is 3.21. The van der Waals surface area contributed by atoms with Crippen molar-refractivity contribution in [3.63, 3.8) is 0 Å². The molecule has 0 unspecified atom stereocenters. The van der Waals surface area contributed by atoms with Gasteiger partial charge in [-0.2, -0.15) is 0 Å². The first-order valence-corrected chi connectivity index (χ1v) is 6.26. The lowest BCUT2D eigenvalue weighted by Crippen LogP contribution is -1.95. The van der Waals surface area contributed by atoms with Gasteiger partial charge < -0.3 is 9.47 Å². The van der Waals surface area contributed by atoms with Crippen LogP contribution in [0.2, 0.25) is 0 Å². The van der Waals surface area contributed by atoms with Gasteiger partial charge in [0.2, 0.25) is 5.75 Å². The Kier molecular flexibility index (Phi) is 4.19. The van der Waals surface area contributed by atoms with Gasteiger partial charge in [0.25, 0.3) is 0 Å². The first kappa shape index (κ1) is 14.3. The number of nitro groups is 1. The molecule has 20 heavy (non-hydrogen) atoms. The van der Waals surface area contributed by atoms with Gasteiger partial charge in [-0.25, -0.2) is 4.39 Å². The standard InChI is InChI=1S/C13H9BrFNO4/c1-19-13-7-9(3-5-11(13)16(17)18)20-12-6-8(14)2-4-10(12)15/h2-7H,1H3. The molecule has 2 aromatic rings. The van der Waals surface area contributed by atoms with Crippen LogP contribution in [0.3, 0.4) is 0 Å². The van der Waals surface area contributed by atoms with Crippen molar-refractivity contribution in [2.75, 3.05) is 7.11 Å². The maximum atomic E-state index is 13.6. The van der Waals surface area contributed by atoms with Crippen molar-refractivity contribution in [1.29, 1.82) is 0 Å². The summed E-state index contributed by atoms with van der Waals surface area (Å²) in [7, 11) is 1.31. The number of nitro benzene ring substituents is 1. The van der Waals surface area contributed by atoms with Crippen molar-refractivity contribution in [3.05, 3.63) is 56.8 Å². The number of hydrogen-bond acceptors (Lipinski definition) is 4. The van der Waals surface area contributed by atoms with E-state index in [0.717, 1.165) is 0 Å². The van der Waals surface area contributed by atoms with Crippen LogP contribution >= 0.6 is 15.9 Å². The summed E-state index contributed by atoms with van der Waals surface area (Å²) in [5.74, 6) is -0.242. The summed E-state index contributed by atoms with van der Waals surface area (Å²) in [6.07, 6.45) is 0. The van der Waals surface area contributed by atoms with Gasteiger partial charge in [-0.15, -0.1) is 0 Å². The Labute approximate surface area is 122 Å². The highest BCUT2D eigenvalue weighted by molar-refractivity contribution is 9.10. The predicted molar refractivity (Wildman–Crippen MR) is 73.8 cm³/mol. The fourth-order valence-corrected chi connectivity index (χ4v) is 1.89. The molecule has 0 spiro atoms. The zero-order chi connectivity index (χ0) is 14.7. The van der Waals surface area contributed by atoms with Gasteiger partial charge in [0.15, 0.2) is 11.6 Å². The fraction of sp³-hybridized carbons (Fsp3) is 0.0769. The molecule has 0 bridgehead atoms. The number of rotatable bonds is 4. The summed E-state index contributed by atoms with van der Waals surface area (Å²) in [5.41, 5.74) is -0.186. The molecule has 0 saturated heterocycles. The number of methoxy groups -OCH3 is 1. The van der Waals surface area contributed by atoms with Gasteiger partial charge in [0.1, 0.15) is 5.75 Å². The molecule has 0 aliphatic heterocycles. The third-order valence-corrected chi connectivity index (χ3v) is 2.96. The van der Waals surface area contributed by atoms with Crippen LogP contribution < -0.4 is 9.47 Å². The minimum absolute atomic E-state index is 0.00952. The first-order valence-electron chi connectivity index (χ1n) is 5.46. The van der Waals surface area contributed by atoms with Crippen LogP contribution in [0, 0.1) is 15.9 Å². The topological polar surface area (TPSA) is 61.6 Å². The normalized spacial score (nSPS) is 10.2. The maximum Gasteiger partial charge on any atom is 0.311 e. The molecule has 0 heterocycles. The molecule has 2 rings (SSSR count). The average molecular weight is 342 g/mol. The number of nitrogens with zero attached hydrogens (tertiary/aromatic N) is 1. The van der Waals surface area contributed by atoms with Crippen LogP contribution in [0.4, 0.5) is 10.1 Å². The van der Waals surface area contributed by atoms with E-state index in [0.29, 0.717) is 4.47 Å². The van der Waals surface area contributed by atoms with Gasteiger partial charge >= 0.3 is 5.69 Å². The minimum atomic E-state index is -0.567. The van der Waals surface area contributed by atoms with Gasteiger partial charge in [0.05, 0.1) is 12.0 Å². The predicted octanol–water partition coefficient (Wildman–Crippen LogP) is 4.30. The van der Waals surface area contributed by atoms with Crippen LogP contribution in [0.15, 0.2) is 40.9 Å². The Morgan fingerprint density at radius 3 is 2.60 bits per heavy atom. The van der Waals surface area contributed by atoms with E-state index >= 15 is 0 Å². The van der Waals surface area contributed by atoms with Crippen LogP contribution in [-0.2, 0) is 0 Å². The molecule has 0 amide bonds. The summed E-state index contributed by atoms with van der Waals surface area (Å²) in [5, 5.41) is 10.8. The minimum Gasteiger partial charge on any atom is -0.490 e. The van der Waals surface area contributed by atoms with E-state index in [2.05, 4.69) is 15.9 Å². The van der Waals surface area contributed by atoms with Crippen molar-refractivity contribution in [2.24, 2.45) is 0 Å². The second kappa shape index (κ2) is 5.87. The smallest absolute Gasteiger partial charge is 0.311 e. The fourth-order valence-electron chi connectivity index (χ4n) is 1.55. The molecule has 0 fully saturated rings. The number of hydrogen-bond donors (Lipinski definition) is 0. The molecule has 0 aromatic heterocycles. The van der Waals surface area contributed by atoms with Crippen molar-refractivity contribution < 1.29 is 18.8 Å². The van der Waals surface area contributed by atoms with Crippen LogP contribution in [0.5, 0.6) is 17.2 Å². The van der Waals surface area contributed by atoms with E-state index in [9.17, 15) is 14.5 Å². The average Bonchev–Trinajstić information content (AvgIpc) is 2.42. The molecule has 5 nitrogen and oxygen atoms in total. The van der Waals surface area contributed by atoms with Crippen LogP contribution in [0.1, 0.15) is 0 Å². The van der Waals surface area contributed by atoms with Crippen molar-refractivity contribution >= 4 is 21.6 Å².